The zero-order valence-corrected chi connectivity index (χ0v) is 11.0. The van der Waals surface area contributed by atoms with Gasteiger partial charge in [0.25, 0.3) is 0 Å². The second-order valence-electron chi connectivity index (χ2n) is 4.68. The van der Waals surface area contributed by atoms with Crippen LogP contribution >= 0.6 is 0 Å². The van der Waals surface area contributed by atoms with E-state index in [-0.39, 0.29) is 5.60 Å². The molecule has 2 N–H and O–H groups in total. The first kappa shape index (κ1) is 13.1. The molecule has 2 nitrogen and oxygen atoms in total. The van der Waals surface area contributed by atoms with Crippen LogP contribution in [-0.2, 0) is 4.43 Å². The van der Waals surface area contributed by atoms with Crippen molar-refractivity contribution in [1.29, 1.82) is 0 Å². The molecule has 0 radical (unpaired) electrons. The lowest BCUT2D eigenvalue weighted by atomic mass is 10.2. The second-order valence-corrected chi connectivity index (χ2v) is 6.35. The molecule has 0 fully saturated rings. The summed E-state index contributed by atoms with van der Waals surface area (Å²) < 4.78 is 5.74. The maximum Gasteiger partial charge on any atom is 0.178 e. The Labute approximate surface area is 85.2 Å². The normalized spacial score (nSPS) is 15.5. The highest BCUT2D eigenvalue weighted by Gasteiger charge is 2.12. The maximum atomic E-state index is 5.96. The summed E-state index contributed by atoms with van der Waals surface area (Å²) in [4.78, 5) is 0. The largest absolute Gasteiger partial charge is 0.418 e. The van der Waals surface area contributed by atoms with E-state index in [0.717, 1.165) is 6.42 Å². The highest BCUT2D eigenvalue weighted by Crippen LogP contribution is 2.07. The molecule has 0 spiro atoms. The van der Waals surface area contributed by atoms with Gasteiger partial charge in [-0.1, -0.05) is 26.2 Å². The summed E-state index contributed by atoms with van der Waals surface area (Å²) >= 11 is 0. The first-order valence-electron chi connectivity index (χ1n) is 5.35. The number of hydrogen-bond donors (Lipinski definition) is 1. The lowest BCUT2D eigenvalue weighted by Crippen LogP contribution is -2.34. The predicted molar refractivity (Wildman–Crippen MR) is 61.5 cm³/mol. The average molecular weight is 203 g/mol. The van der Waals surface area contributed by atoms with Gasteiger partial charge < -0.3 is 10.2 Å². The van der Waals surface area contributed by atoms with E-state index < -0.39 is 9.76 Å². The summed E-state index contributed by atoms with van der Waals surface area (Å²) in [6, 6.07) is 0. The van der Waals surface area contributed by atoms with Crippen LogP contribution in [0.2, 0.25) is 0 Å². The van der Waals surface area contributed by atoms with E-state index in [1.807, 2.05) is 0 Å². The van der Waals surface area contributed by atoms with Crippen molar-refractivity contribution >= 4 is 9.76 Å². The third kappa shape index (κ3) is 10.1. The van der Waals surface area contributed by atoms with Crippen LogP contribution in [-0.4, -0.2) is 21.0 Å². The number of hydrogen-bond acceptors (Lipinski definition) is 2. The minimum absolute atomic E-state index is 0.00853. The Balaban J connectivity index is 3.35. The number of rotatable bonds is 6. The fourth-order valence-electron chi connectivity index (χ4n) is 1.10. The second kappa shape index (κ2) is 6.57. The Kier molecular flexibility index (Phi) is 6.64. The Morgan fingerprint density at radius 3 is 2.38 bits per heavy atom. The molecule has 0 bridgehead atoms. The molecule has 3 heteroatoms. The van der Waals surface area contributed by atoms with Gasteiger partial charge in [0.1, 0.15) is 0 Å². The maximum absolute atomic E-state index is 5.96. The van der Waals surface area contributed by atoms with Crippen LogP contribution < -0.4 is 5.73 Å². The van der Waals surface area contributed by atoms with Crippen LogP contribution in [0.15, 0.2) is 0 Å². The van der Waals surface area contributed by atoms with Crippen LogP contribution in [0.1, 0.15) is 53.4 Å². The Hall–Kier alpha value is 0.137. The van der Waals surface area contributed by atoms with Gasteiger partial charge in [0.05, 0.1) is 0 Å². The molecule has 1 unspecified atom stereocenters. The van der Waals surface area contributed by atoms with Gasteiger partial charge in [-0.3, -0.25) is 0 Å². The van der Waals surface area contributed by atoms with Crippen LogP contribution in [0.5, 0.6) is 0 Å². The van der Waals surface area contributed by atoms with E-state index in [1.165, 1.54) is 19.3 Å². The quantitative estimate of drug-likeness (QED) is 0.527. The van der Waals surface area contributed by atoms with E-state index in [0.29, 0.717) is 5.67 Å². The fourth-order valence-corrected chi connectivity index (χ4v) is 2.27. The molecule has 0 aliphatic heterocycles. The molecule has 13 heavy (non-hydrogen) atoms. The van der Waals surface area contributed by atoms with Gasteiger partial charge in [-0.2, -0.15) is 0 Å². The number of unbranched alkanes of at least 4 members (excludes halogenated alkanes) is 2. The van der Waals surface area contributed by atoms with Crippen LogP contribution in [0.25, 0.3) is 0 Å². The van der Waals surface area contributed by atoms with Crippen molar-refractivity contribution in [2.45, 2.75) is 64.6 Å². The van der Waals surface area contributed by atoms with Crippen molar-refractivity contribution in [2.75, 3.05) is 0 Å². The first-order chi connectivity index (χ1) is 5.95. The molecule has 0 rings (SSSR count). The van der Waals surface area contributed by atoms with Gasteiger partial charge in [-0.05, 0) is 27.2 Å². The Bertz CT molecular complexity index is 123. The van der Waals surface area contributed by atoms with Crippen molar-refractivity contribution in [3.8, 4) is 0 Å². The molecule has 0 aromatic heterocycles. The SMILES string of the molecule is CCCCCC(N)[SiH2]OC(C)(C)C. The molecule has 0 aromatic rings. The van der Waals surface area contributed by atoms with Gasteiger partial charge in [0, 0.05) is 11.3 Å². The van der Waals surface area contributed by atoms with Crippen molar-refractivity contribution in [1.82, 2.24) is 0 Å². The highest BCUT2D eigenvalue weighted by atomic mass is 28.2. The predicted octanol–water partition coefficient (Wildman–Crippen LogP) is 1.75. The molecule has 0 aliphatic rings. The smallest absolute Gasteiger partial charge is 0.178 e. The molecule has 80 valence electrons. The topological polar surface area (TPSA) is 35.2 Å². The Morgan fingerprint density at radius 2 is 1.92 bits per heavy atom. The van der Waals surface area contributed by atoms with E-state index in [2.05, 4.69) is 27.7 Å². The zero-order chi connectivity index (χ0) is 10.3. The fraction of sp³-hybridized carbons (Fsp3) is 1.00. The molecular formula is C10H25NOSi. The molecule has 0 saturated heterocycles. The molecular weight excluding hydrogens is 178 g/mol. The van der Waals surface area contributed by atoms with E-state index >= 15 is 0 Å². The van der Waals surface area contributed by atoms with Gasteiger partial charge in [0.15, 0.2) is 9.76 Å². The lowest BCUT2D eigenvalue weighted by Gasteiger charge is -2.22. The Morgan fingerprint density at radius 1 is 1.31 bits per heavy atom. The van der Waals surface area contributed by atoms with Crippen molar-refractivity contribution in [3.63, 3.8) is 0 Å². The summed E-state index contributed by atoms with van der Waals surface area (Å²) in [7, 11) is -0.519. The van der Waals surface area contributed by atoms with E-state index in [4.69, 9.17) is 10.2 Å². The lowest BCUT2D eigenvalue weighted by molar-refractivity contribution is 0.135. The molecule has 0 aliphatic carbocycles. The van der Waals surface area contributed by atoms with Gasteiger partial charge in [-0.25, -0.2) is 0 Å². The van der Waals surface area contributed by atoms with Crippen LogP contribution in [0.4, 0.5) is 0 Å². The van der Waals surface area contributed by atoms with Crippen LogP contribution in [0, 0.1) is 0 Å². The summed E-state index contributed by atoms with van der Waals surface area (Å²) in [5.41, 5.74) is 6.32. The third-order valence-electron chi connectivity index (χ3n) is 1.91. The van der Waals surface area contributed by atoms with E-state index in [9.17, 15) is 0 Å². The molecule has 0 aromatic carbocycles. The zero-order valence-electron chi connectivity index (χ0n) is 9.60. The molecule has 0 saturated carbocycles. The van der Waals surface area contributed by atoms with Gasteiger partial charge in [-0.15, -0.1) is 0 Å². The summed E-state index contributed by atoms with van der Waals surface area (Å²) in [6.07, 6.45) is 4.99. The van der Waals surface area contributed by atoms with Crippen molar-refractivity contribution in [2.24, 2.45) is 5.73 Å². The van der Waals surface area contributed by atoms with Gasteiger partial charge in [0.2, 0.25) is 0 Å². The van der Waals surface area contributed by atoms with E-state index in [1.54, 1.807) is 0 Å². The van der Waals surface area contributed by atoms with Crippen LogP contribution in [0.3, 0.4) is 0 Å². The average Bonchev–Trinajstić information content (AvgIpc) is 2.00. The van der Waals surface area contributed by atoms with Crippen molar-refractivity contribution in [3.05, 3.63) is 0 Å². The third-order valence-corrected chi connectivity index (χ3v) is 3.78. The highest BCUT2D eigenvalue weighted by molar-refractivity contribution is 6.29. The van der Waals surface area contributed by atoms with Crippen molar-refractivity contribution < 1.29 is 4.43 Å². The summed E-state index contributed by atoms with van der Waals surface area (Å²) in [5.74, 6) is 0. The first-order valence-corrected chi connectivity index (χ1v) is 6.74. The summed E-state index contributed by atoms with van der Waals surface area (Å²) in [5, 5.41) is 0. The monoisotopic (exact) mass is 203 g/mol. The minimum atomic E-state index is -0.519. The molecule has 0 amide bonds. The molecule has 0 heterocycles. The summed E-state index contributed by atoms with van der Waals surface area (Å²) in [6.45, 7) is 8.50. The molecule has 1 atom stereocenters. The standard InChI is InChI=1S/C10H25NOSi/c1-5-6-7-8-9(11)13-12-10(2,3)4/h9H,5-8,11,13H2,1-4H3. The van der Waals surface area contributed by atoms with Gasteiger partial charge >= 0.3 is 0 Å². The minimum Gasteiger partial charge on any atom is -0.418 e. The number of nitrogens with two attached hydrogens (primary N) is 1.